The van der Waals surface area contributed by atoms with Crippen LogP contribution in [0, 0.1) is 0 Å². The van der Waals surface area contributed by atoms with Gasteiger partial charge in [-0.1, -0.05) is 0 Å². The highest BCUT2D eigenvalue weighted by molar-refractivity contribution is 9.10. The first-order valence-electron chi connectivity index (χ1n) is 3.65. The summed E-state index contributed by atoms with van der Waals surface area (Å²) in [5, 5.41) is 9.25. The second-order valence-electron chi connectivity index (χ2n) is 2.28. The quantitative estimate of drug-likeness (QED) is 0.846. The number of carboxylic acids is 1. The van der Waals surface area contributed by atoms with Gasteiger partial charge in [-0.25, -0.2) is 4.98 Å². The molecule has 0 saturated heterocycles. The van der Waals surface area contributed by atoms with Gasteiger partial charge >= 0.3 is 5.97 Å². The number of carbonyl (C=O) groups is 1. The second-order valence-corrected chi connectivity index (χ2v) is 4.22. The number of carboxylic acid groups (broad SMARTS) is 1. The molecule has 1 aromatic rings. The Morgan fingerprint density at radius 3 is 3.08 bits per heavy atom. The zero-order chi connectivity index (χ0) is 9.68. The molecule has 0 aliphatic heterocycles. The molecule has 5 heteroatoms. The summed E-state index contributed by atoms with van der Waals surface area (Å²) in [6, 6.07) is 3.71. The van der Waals surface area contributed by atoms with Crippen LogP contribution in [-0.2, 0) is 4.79 Å². The smallest absolute Gasteiger partial charge is 0.304 e. The molecule has 3 nitrogen and oxygen atoms in total. The summed E-state index contributed by atoms with van der Waals surface area (Å²) >= 11 is 4.77. The molecule has 0 fully saturated rings. The SMILES string of the molecule is O=C(O)CCSc1ncccc1Br. The number of hydrogen-bond acceptors (Lipinski definition) is 3. The Hall–Kier alpha value is -0.550. The predicted octanol–water partition coefficient (Wildman–Crippen LogP) is 2.41. The molecule has 0 aliphatic carbocycles. The molecule has 70 valence electrons. The van der Waals surface area contributed by atoms with Gasteiger partial charge < -0.3 is 5.11 Å². The summed E-state index contributed by atoms with van der Waals surface area (Å²) in [4.78, 5) is 14.3. The van der Waals surface area contributed by atoms with E-state index in [4.69, 9.17) is 5.11 Å². The zero-order valence-corrected chi connectivity index (χ0v) is 9.14. The van der Waals surface area contributed by atoms with Crippen molar-refractivity contribution in [2.45, 2.75) is 11.4 Å². The van der Waals surface area contributed by atoms with Crippen LogP contribution in [0.15, 0.2) is 27.8 Å². The van der Waals surface area contributed by atoms with Crippen LogP contribution in [0.4, 0.5) is 0 Å². The Morgan fingerprint density at radius 2 is 2.46 bits per heavy atom. The molecular formula is C8H8BrNO2S. The van der Waals surface area contributed by atoms with E-state index in [9.17, 15) is 4.79 Å². The molecule has 0 radical (unpaired) electrons. The number of nitrogens with zero attached hydrogens (tertiary/aromatic N) is 1. The van der Waals surface area contributed by atoms with Crippen molar-refractivity contribution < 1.29 is 9.90 Å². The molecule has 0 atom stereocenters. The molecule has 0 bridgehead atoms. The Kier molecular flexibility index (Phi) is 4.24. The van der Waals surface area contributed by atoms with Gasteiger partial charge in [0.05, 0.1) is 6.42 Å². The van der Waals surface area contributed by atoms with E-state index in [0.717, 1.165) is 9.50 Å². The first kappa shape index (κ1) is 10.5. The molecule has 0 aromatic carbocycles. The first-order valence-corrected chi connectivity index (χ1v) is 5.43. The Labute approximate surface area is 88.7 Å². The second kappa shape index (κ2) is 5.24. The van der Waals surface area contributed by atoms with Gasteiger partial charge in [0.1, 0.15) is 5.03 Å². The molecular weight excluding hydrogens is 254 g/mol. The van der Waals surface area contributed by atoms with E-state index in [2.05, 4.69) is 20.9 Å². The zero-order valence-electron chi connectivity index (χ0n) is 6.74. The van der Waals surface area contributed by atoms with E-state index in [1.54, 1.807) is 6.20 Å². The van der Waals surface area contributed by atoms with Gasteiger partial charge in [-0.2, -0.15) is 0 Å². The lowest BCUT2D eigenvalue weighted by Gasteiger charge is -2.00. The van der Waals surface area contributed by atoms with Crippen LogP contribution in [0.2, 0.25) is 0 Å². The standard InChI is InChI=1S/C8H8BrNO2S/c9-6-2-1-4-10-8(6)13-5-3-7(11)12/h1-2,4H,3,5H2,(H,11,12). The molecule has 1 heterocycles. The Morgan fingerprint density at radius 1 is 1.69 bits per heavy atom. The topological polar surface area (TPSA) is 50.2 Å². The molecule has 0 aliphatic rings. The van der Waals surface area contributed by atoms with Crippen LogP contribution in [0.3, 0.4) is 0 Å². The lowest BCUT2D eigenvalue weighted by Crippen LogP contribution is -1.96. The van der Waals surface area contributed by atoms with Crippen molar-refractivity contribution in [1.82, 2.24) is 4.98 Å². The fourth-order valence-electron chi connectivity index (χ4n) is 0.712. The van der Waals surface area contributed by atoms with Crippen molar-refractivity contribution in [2.75, 3.05) is 5.75 Å². The van der Waals surface area contributed by atoms with Gasteiger partial charge in [0.25, 0.3) is 0 Å². The summed E-state index contributed by atoms with van der Waals surface area (Å²) in [6.07, 6.45) is 1.85. The van der Waals surface area contributed by atoms with E-state index >= 15 is 0 Å². The largest absolute Gasteiger partial charge is 0.481 e. The molecule has 1 aromatic heterocycles. The highest BCUT2D eigenvalue weighted by Gasteiger charge is 2.02. The van der Waals surface area contributed by atoms with Crippen molar-refractivity contribution in [2.24, 2.45) is 0 Å². The summed E-state index contributed by atoms with van der Waals surface area (Å²) < 4.78 is 0.908. The van der Waals surface area contributed by atoms with Crippen molar-refractivity contribution >= 4 is 33.7 Å². The van der Waals surface area contributed by atoms with E-state index in [0.29, 0.717) is 5.75 Å². The fraction of sp³-hybridized carbons (Fsp3) is 0.250. The average molecular weight is 262 g/mol. The third-order valence-electron chi connectivity index (χ3n) is 1.28. The van der Waals surface area contributed by atoms with Crippen LogP contribution in [0.5, 0.6) is 0 Å². The maximum Gasteiger partial charge on any atom is 0.304 e. The van der Waals surface area contributed by atoms with Gasteiger partial charge in [0.15, 0.2) is 0 Å². The van der Waals surface area contributed by atoms with E-state index in [1.807, 2.05) is 12.1 Å². The summed E-state index contributed by atoms with van der Waals surface area (Å²) in [7, 11) is 0. The average Bonchev–Trinajstić information content (AvgIpc) is 2.08. The van der Waals surface area contributed by atoms with Crippen molar-refractivity contribution in [3.63, 3.8) is 0 Å². The number of aromatic nitrogens is 1. The summed E-state index contributed by atoms with van der Waals surface area (Å²) in [5.41, 5.74) is 0. The van der Waals surface area contributed by atoms with Gasteiger partial charge in [0, 0.05) is 16.4 Å². The van der Waals surface area contributed by atoms with E-state index in [-0.39, 0.29) is 6.42 Å². The monoisotopic (exact) mass is 261 g/mol. The van der Waals surface area contributed by atoms with Crippen molar-refractivity contribution in [3.8, 4) is 0 Å². The minimum Gasteiger partial charge on any atom is -0.481 e. The molecule has 0 spiro atoms. The van der Waals surface area contributed by atoms with Crippen LogP contribution in [0.1, 0.15) is 6.42 Å². The third-order valence-corrected chi connectivity index (χ3v) is 3.19. The highest BCUT2D eigenvalue weighted by Crippen LogP contribution is 2.24. The molecule has 0 amide bonds. The van der Waals surface area contributed by atoms with Gasteiger partial charge in [0.2, 0.25) is 0 Å². The van der Waals surface area contributed by atoms with E-state index in [1.165, 1.54) is 11.8 Å². The summed E-state index contributed by atoms with van der Waals surface area (Å²) in [5.74, 6) is -0.232. The maximum atomic E-state index is 10.2. The predicted molar refractivity (Wildman–Crippen MR) is 54.9 cm³/mol. The minimum absolute atomic E-state index is 0.160. The lowest BCUT2D eigenvalue weighted by molar-refractivity contribution is -0.136. The van der Waals surface area contributed by atoms with Crippen molar-refractivity contribution in [3.05, 3.63) is 22.8 Å². The molecule has 1 N–H and O–H groups in total. The molecule has 0 unspecified atom stereocenters. The van der Waals surface area contributed by atoms with Crippen LogP contribution in [0.25, 0.3) is 0 Å². The van der Waals surface area contributed by atoms with Crippen LogP contribution >= 0.6 is 27.7 Å². The van der Waals surface area contributed by atoms with E-state index < -0.39 is 5.97 Å². The van der Waals surface area contributed by atoms with Crippen LogP contribution < -0.4 is 0 Å². The number of halogens is 1. The molecule has 1 rings (SSSR count). The Bertz CT molecular complexity index is 306. The minimum atomic E-state index is -0.778. The first-order chi connectivity index (χ1) is 6.20. The number of pyridine rings is 1. The number of rotatable bonds is 4. The molecule has 0 saturated carbocycles. The van der Waals surface area contributed by atoms with Gasteiger partial charge in [-0.3, -0.25) is 4.79 Å². The maximum absolute atomic E-state index is 10.2. The van der Waals surface area contributed by atoms with Crippen molar-refractivity contribution in [1.29, 1.82) is 0 Å². The number of thioether (sulfide) groups is 1. The number of aliphatic carboxylic acids is 1. The van der Waals surface area contributed by atoms with Crippen LogP contribution in [-0.4, -0.2) is 21.8 Å². The summed E-state index contributed by atoms with van der Waals surface area (Å²) in [6.45, 7) is 0. The lowest BCUT2D eigenvalue weighted by atomic mass is 10.5. The third kappa shape index (κ3) is 3.78. The highest BCUT2D eigenvalue weighted by atomic mass is 79.9. The molecule has 13 heavy (non-hydrogen) atoms. The van der Waals surface area contributed by atoms with Gasteiger partial charge in [-0.15, -0.1) is 11.8 Å². The fourth-order valence-corrected chi connectivity index (χ4v) is 2.12. The normalized spacial score (nSPS) is 9.92. The number of hydrogen-bond donors (Lipinski definition) is 1. The van der Waals surface area contributed by atoms with Gasteiger partial charge in [-0.05, 0) is 28.1 Å². The Balaban J connectivity index is 2.45.